The summed E-state index contributed by atoms with van der Waals surface area (Å²) in [4.78, 5) is 19.2. The Bertz CT molecular complexity index is 1090. The van der Waals surface area contributed by atoms with E-state index in [0.29, 0.717) is 27.2 Å². The first-order valence-electron chi connectivity index (χ1n) is 8.76. The van der Waals surface area contributed by atoms with E-state index in [1.54, 1.807) is 42.1 Å². The molecule has 156 valence electrons. The fourth-order valence-corrected chi connectivity index (χ4v) is 4.06. The van der Waals surface area contributed by atoms with Crippen LogP contribution in [0.4, 0.5) is 24.8 Å². The first-order valence-corrected chi connectivity index (χ1v) is 9.52. The van der Waals surface area contributed by atoms with Crippen molar-refractivity contribution >= 4 is 40.7 Å². The topological polar surface area (TPSA) is 47.4 Å². The summed E-state index contributed by atoms with van der Waals surface area (Å²) in [5, 5.41) is 0.745. The molecule has 0 bridgehead atoms. The van der Waals surface area contributed by atoms with Crippen LogP contribution in [0.25, 0.3) is 0 Å². The van der Waals surface area contributed by atoms with Crippen LogP contribution in [-0.4, -0.2) is 21.8 Å². The van der Waals surface area contributed by atoms with Gasteiger partial charge in [0, 0.05) is 28.9 Å². The Morgan fingerprint density at radius 3 is 2.37 bits per heavy atom. The van der Waals surface area contributed by atoms with E-state index in [1.165, 1.54) is 29.2 Å². The van der Waals surface area contributed by atoms with Crippen molar-refractivity contribution < 1.29 is 22.7 Å². The van der Waals surface area contributed by atoms with Gasteiger partial charge in [-0.1, -0.05) is 35.3 Å². The van der Waals surface area contributed by atoms with Crippen molar-refractivity contribution in [3.05, 3.63) is 70.5 Å². The number of amides is 1. The number of nitrogens with zero attached hydrogens (tertiary/aromatic N) is 3. The number of carbonyl (C=O) groups is 1. The van der Waals surface area contributed by atoms with Gasteiger partial charge in [-0.2, -0.15) is 0 Å². The Balaban J connectivity index is 1.66. The maximum absolute atomic E-state index is 13.4. The van der Waals surface area contributed by atoms with Crippen LogP contribution in [-0.2, 0) is 16.8 Å². The zero-order valence-corrected chi connectivity index (χ0v) is 17.0. The van der Waals surface area contributed by atoms with Crippen LogP contribution in [0, 0.1) is 0 Å². The third kappa shape index (κ3) is 3.73. The van der Waals surface area contributed by atoms with Gasteiger partial charge in [-0.05, 0) is 42.8 Å². The lowest BCUT2D eigenvalue weighted by Gasteiger charge is -2.25. The van der Waals surface area contributed by atoms with E-state index in [9.17, 15) is 18.0 Å². The molecule has 3 aromatic rings. The average Bonchev–Trinajstić information content (AvgIpc) is 3.17. The minimum Gasteiger partial charge on any atom is -0.406 e. The van der Waals surface area contributed by atoms with E-state index in [0.717, 1.165) is 0 Å². The standard InChI is InChI=1S/C20H14Cl2F3N3O2/c1-19(11-12-2-4-16(5-3-12)30-20(23,24)25)17(29)28(18-26-6-7-27(18)19)15-9-13(21)8-14(22)10-15/h2-10H,11H2,1H3/t19-/m1/s1/i18+2. The third-order valence-electron chi connectivity index (χ3n) is 4.83. The highest BCUT2D eigenvalue weighted by Gasteiger charge is 2.48. The van der Waals surface area contributed by atoms with Crippen LogP contribution >= 0.6 is 23.2 Å². The van der Waals surface area contributed by atoms with E-state index in [-0.39, 0.29) is 18.1 Å². The minimum absolute atomic E-state index is 0.228. The fourth-order valence-electron chi connectivity index (χ4n) is 3.55. The molecule has 1 atom stereocenters. The lowest BCUT2D eigenvalue weighted by molar-refractivity contribution is -0.274. The molecular weight excluding hydrogens is 444 g/mol. The lowest BCUT2D eigenvalue weighted by Crippen LogP contribution is -2.40. The second kappa shape index (κ2) is 7.21. The summed E-state index contributed by atoms with van der Waals surface area (Å²) >= 11 is 12.2. The van der Waals surface area contributed by atoms with E-state index >= 15 is 0 Å². The number of halogens is 5. The quantitative estimate of drug-likeness (QED) is 0.502. The molecule has 1 aliphatic heterocycles. The van der Waals surface area contributed by atoms with Gasteiger partial charge in [0.1, 0.15) is 11.3 Å². The molecule has 1 aromatic heterocycles. The predicted octanol–water partition coefficient (Wildman–Crippen LogP) is 5.72. The zero-order valence-electron chi connectivity index (χ0n) is 15.5. The molecule has 0 unspecified atom stereocenters. The highest BCUT2D eigenvalue weighted by atomic mass is 35.5. The molecule has 0 saturated carbocycles. The van der Waals surface area contributed by atoms with E-state index in [4.69, 9.17) is 23.2 Å². The van der Waals surface area contributed by atoms with Crippen molar-refractivity contribution in [3.8, 4) is 5.75 Å². The molecule has 5 nitrogen and oxygen atoms in total. The molecular formula is C20H14Cl2F3N3O2. The number of benzene rings is 2. The first-order chi connectivity index (χ1) is 14.1. The highest BCUT2D eigenvalue weighted by Crippen LogP contribution is 2.42. The highest BCUT2D eigenvalue weighted by molar-refractivity contribution is 6.35. The summed E-state index contributed by atoms with van der Waals surface area (Å²) in [6.07, 6.45) is -1.29. The fraction of sp³-hybridized carbons (Fsp3) is 0.200. The number of hydrogen-bond donors (Lipinski definition) is 0. The normalized spacial score (nSPS) is 18.6. The van der Waals surface area contributed by atoms with Gasteiger partial charge >= 0.3 is 6.36 Å². The van der Waals surface area contributed by atoms with Gasteiger partial charge in [0.15, 0.2) is 0 Å². The van der Waals surface area contributed by atoms with Gasteiger partial charge in [0.25, 0.3) is 5.91 Å². The Morgan fingerprint density at radius 1 is 1.13 bits per heavy atom. The van der Waals surface area contributed by atoms with Crippen LogP contribution in [0.3, 0.4) is 0 Å². The number of rotatable bonds is 4. The molecule has 0 radical (unpaired) electrons. The Hall–Kier alpha value is -2.71. The van der Waals surface area contributed by atoms with Crippen LogP contribution in [0.1, 0.15) is 12.5 Å². The molecule has 0 saturated heterocycles. The molecule has 0 fully saturated rings. The Labute approximate surface area is 179 Å². The second-order valence-electron chi connectivity index (χ2n) is 7.01. The molecule has 30 heavy (non-hydrogen) atoms. The summed E-state index contributed by atoms with van der Waals surface area (Å²) in [6.45, 7) is 1.74. The molecule has 10 heteroatoms. The maximum atomic E-state index is 13.4. The monoisotopic (exact) mass is 457 g/mol. The molecule has 1 aliphatic rings. The number of anilines is 2. The van der Waals surface area contributed by atoms with Crippen LogP contribution in [0.5, 0.6) is 5.75 Å². The maximum Gasteiger partial charge on any atom is 0.573 e. The van der Waals surface area contributed by atoms with E-state index in [2.05, 4.69) is 9.72 Å². The molecule has 4 rings (SSSR count). The number of alkyl halides is 3. The van der Waals surface area contributed by atoms with Crippen molar-refractivity contribution in [2.45, 2.75) is 25.2 Å². The minimum atomic E-state index is -4.76. The average molecular weight is 458 g/mol. The second-order valence-corrected chi connectivity index (χ2v) is 7.88. The summed E-state index contributed by atoms with van der Waals surface area (Å²) in [5.74, 6) is -0.190. The Kier molecular flexibility index (Phi) is 4.94. The van der Waals surface area contributed by atoms with E-state index in [1.807, 2.05) is 0 Å². The lowest BCUT2D eigenvalue weighted by atomic mass is 9.92. The van der Waals surface area contributed by atoms with Crippen molar-refractivity contribution in [1.82, 2.24) is 9.55 Å². The number of imidazole rings is 1. The van der Waals surface area contributed by atoms with Crippen LogP contribution in [0.2, 0.25) is 10.0 Å². The number of aromatic nitrogens is 2. The van der Waals surface area contributed by atoms with Crippen LogP contribution in [0.15, 0.2) is 54.9 Å². The smallest absolute Gasteiger partial charge is 0.406 e. The Morgan fingerprint density at radius 2 is 1.77 bits per heavy atom. The summed E-state index contributed by atoms with van der Waals surface area (Å²) in [7, 11) is 0. The predicted molar refractivity (Wildman–Crippen MR) is 106 cm³/mol. The van der Waals surface area contributed by atoms with Crippen molar-refractivity contribution in [1.29, 1.82) is 0 Å². The van der Waals surface area contributed by atoms with Gasteiger partial charge in [0.05, 0.1) is 5.69 Å². The van der Waals surface area contributed by atoms with Crippen molar-refractivity contribution in [2.24, 2.45) is 0 Å². The van der Waals surface area contributed by atoms with Gasteiger partial charge in [-0.25, -0.2) is 9.88 Å². The molecule has 2 aromatic carbocycles. The summed E-state index contributed by atoms with van der Waals surface area (Å²) < 4.78 is 42.7. The van der Waals surface area contributed by atoms with Crippen molar-refractivity contribution in [3.63, 3.8) is 0 Å². The molecule has 0 aliphatic carbocycles. The SMILES string of the molecule is C[C@@]1(Cc2ccc(OC(F)(F)F)cc2)C(=O)N(c2cc(Cl)cc(Cl)c2)[14c]2nccn21. The molecule has 0 spiro atoms. The van der Waals surface area contributed by atoms with E-state index < -0.39 is 11.9 Å². The largest absolute Gasteiger partial charge is 0.573 e. The zero-order chi connectivity index (χ0) is 21.7. The molecule has 0 N–H and O–H groups in total. The third-order valence-corrected chi connectivity index (χ3v) is 5.26. The van der Waals surface area contributed by atoms with Gasteiger partial charge in [-0.3, -0.25) is 4.79 Å². The first kappa shape index (κ1) is 20.6. The van der Waals surface area contributed by atoms with Gasteiger partial charge < -0.3 is 9.30 Å². The van der Waals surface area contributed by atoms with Crippen molar-refractivity contribution in [2.75, 3.05) is 4.90 Å². The molecule has 2 heterocycles. The summed E-state index contributed by atoms with van der Waals surface area (Å²) in [5.41, 5.74) is 0.0844. The molecule has 1 amide bonds. The van der Waals surface area contributed by atoms with Gasteiger partial charge in [0.2, 0.25) is 5.95 Å². The van der Waals surface area contributed by atoms with Crippen LogP contribution < -0.4 is 9.64 Å². The number of carbonyl (C=O) groups excluding carboxylic acids is 1. The number of ether oxygens (including phenoxy) is 1. The van der Waals surface area contributed by atoms with Gasteiger partial charge in [-0.15, -0.1) is 13.2 Å². The summed E-state index contributed by atoms with van der Waals surface area (Å²) in [6, 6.07) is 10.2. The number of fused-ring (bicyclic) bond motifs is 1. The number of hydrogen-bond acceptors (Lipinski definition) is 3.